The van der Waals surface area contributed by atoms with Gasteiger partial charge in [0.2, 0.25) is 0 Å². The molecule has 1 aromatic heterocycles. The molecular weight excluding hydrogens is 413 g/mol. The number of nitrogens with zero attached hydrogens (tertiary/aromatic N) is 1. The molecule has 1 rings (SSSR count). The summed E-state index contributed by atoms with van der Waals surface area (Å²) in [4.78, 5) is 25.6. The molecule has 0 saturated carbocycles. The van der Waals surface area contributed by atoms with Crippen LogP contribution in [-0.2, 0) is 16.0 Å². The highest BCUT2D eigenvalue weighted by Gasteiger charge is 2.40. The lowest BCUT2D eigenvalue weighted by Crippen LogP contribution is -2.47. The molecule has 1 heterocycles. The highest BCUT2D eigenvalue weighted by atomic mass is 79.9. The zero-order valence-electron chi connectivity index (χ0n) is 9.54. The van der Waals surface area contributed by atoms with E-state index in [0.717, 1.165) is 0 Å². The summed E-state index contributed by atoms with van der Waals surface area (Å²) in [5.41, 5.74) is 0.391. The van der Waals surface area contributed by atoms with Crippen LogP contribution < -0.4 is 5.32 Å². The number of carbonyl (C=O) groups is 2. The van der Waals surface area contributed by atoms with Crippen molar-refractivity contribution in [2.75, 3.05) is 0 Å². The fourth-order valence-corrected chi connectivity index (χ4v) is 2.04. The number of aromatic nitrogens is 1. The number of rotatable bonds is 4. The third-order valence-electron chi connectivity index (χ3n) is 2.21. The van der Waals surface area contributed by atoms with Gasteiger partial charge < -0.3 is 10.4 Å². The van der Waals surface area contributed by atoms with Crippen LogP contribution in [0.3, 0.4) is 0 Å². The average Bonchev–Trinajstić information content (AvgIpc) is 2.32. The molecule has 0 aliphatic rings. The summed E-state index contributed by atoms with van der Waals surface area (Å²) in [6.07, 6.45) is -4.10. The number of alkyl halides is 3. The van der Waals surface area contributed by atoms with Crippen molar-refractivity contribution < 1.29 is 27.9 Å². The quantitative estimate of drug-likeness (QED) is 0.734. The minimum absolute atomic E-state index is 0.321. The first kappa shape index (κ1) is 16.9. The Hall–Kier alpha value is -1.16. The standard InChI is InChI=1S/C10H7Br2F3N2O3/c11-6-4(1-2-16-7(6)12)3-5(8(18)19)17-9(20)10(13,14)15/h1-2,5H,3H2,(H,17,20)(H,18,19). The molecule has 1 amide bonds. The Morgan fingerprint density at radius 2 is 2.00 bits per heavy atom. The molecule has 1 atom stereocenters. The van der Waals surface area contributed by atoms with E-state index >= 15 is 0 Å². The van der Waals surface area contributed by atoms with Crippen molar-refractivity contribution in [3.05, 3.63) is 26.9 Å². The number of pyridine rings is 1. The molecule has 0 saturated heterocycles. The monoisotopic (exact) mass is 418 g/mol. The lowest BCUT2D eigenvalue weighted by Gasteiger charge is -2.16. The molecule has 110 valence electrons. The van der Waals surface area contributed by atoms with E-state index in [9.17, 15) is 22.8 Å². The van der Waals surface area contributed by atoms with E-state index in [4.69, 9.17) is 5.11 Å². The lowest BCUT2D eigenvalue weighted by atomic mass is 10.1. The molecule has 0 bridgehead atoms. The smallest absolute Gasteiger partial charge is 0.471 e. The number of nitrogens with one attached hydrogen (secondary N) is 1. The van der Waals surface area contributed by atoms with Gasteiger partial charge >= 0.3 is 18.1 Å². The Balaban J connectivity index is 2.91. The van der Waals surface area contributed by atoms with Gasteiger partial charge in [-0.2, -0.15) is 13.2 Å². The van der Waals surface area contributed by atoms with Crippen LogP contribution in [-0.4, -0.2) is 34.2 Å². The SMILES string of the molecule is O=C(O)C(Cc1ccnc(Br)c1Br)NC(=O)C(F)(F)F. The number of hydrogen-bond donors (Lipinski definition) is 2. The first-order chi connectivity index (χ1) is 9.12. The van der Waals surface area contributed by atoms with Gasteiger partial charge in [-0.05, 0) is 43.5 Å². The molecule has 0 fully saturated rings. The maximum Gasteiger partial charge on any atom is 0.471 e. The Labute approximate surface area is 127 Å². The van der Waals surface area contributed by atoms with E-state index in [1.165, 1.54) is 17.6 Å². The van der Waals surface area contributed by atoms with Crippen LogP contribution in [0.25, 0.3) is 0 Å². The number of carbonyl (C=O) groups excluding carboxylic acids is 1. The topological polar surface area (TPSA) is 79.3 Å². The second-order valence-electron chi connectivity index (χ2n) is 3.64. The molecule has 1 aromatic rings. The van der Waals surface area contributed by atoms with Crippen LogP contribution >= 0.6 is 31.9 Å². The third kappa shape index (κ3) is 4.44. The van der Waals surface area contributed by atoms with E-state index in [1.54, 1.807) is 0 Å². The van der Waals surface area contributed by atoms with Gasteiger partial charge in [0.25, 0.3) is 0 Å². The Bertz CT molecular complexity index is 537. The summed E-state index contributed by atoms with van der Waals surface area (Å²) in [6.45, 7) is 0. The molecule has 2 N–H and O–H groups in total. The lowest BCUT2D eigenvalue weighted by molar-refractivity contribution is -0.175. The first-order valence-electron chi connectivity index (χ1n) is 5.02. The van der Waals surface area contributed by atoms with Gasteiger partial charge in [0.1, 0.15) is 10.6 Å². The molecule has 20 heavy (non-hydrogen) atoms. The Morgan fingerprint density at radius 3 is 2.50 bits per heavy atom. The van der Waals surface area contributed by atoms with Gasteiger partial charge in [0, 0.05) is 12.6 Å². The minimum atomic E-state index is -5.14. The van der Waals surface area contributed by atoms with Crippen LogP contribution in [0.2, 0.25) is 0 Å². The predicted octanol–water partition coefficient (Wildman–Crippen LogP) is 2.28. The van der Waals surface area contributed by atoms with Gasteiger partial charge in [-0.15, -0.1) is 0 Å². The number of carboxylic acids is 1. The van der Waals surface area contributed by atoms with E-state index in [0.29, 0.717) is 14.6 Å². The van der Waals surface area contributed by atoms with Gasteiger partial charge in [0.15, 0.2) is 0 Å². The normalized spacial score (nSPS) is 12.8. The molecule has 1 unspecified atom stereocenters. The van der Waals surface area contributed by atoms with E-state index < -0.39 is 24.1 Å². The molecule has 10 heteroatoms. The van der Waals surface area contributed by atoms with Crippen molar-refractivity contribution in [3.63, 3.8) is 0 Å². The van der Waals surface area contributed by atoms with Crippen molar-refractivity contribution in [1.29, 1.82) is 0 Å². The average molecular weight is 420 g/mol. The van der Waals surface area contributed by atoms with Crippen molar-refractivity contribution in [2.24, 2.45) is 0 Å². The summed E-state index contributed by atoms with van der Waals surface area (Å²) in [6, 6.07) is -0.264. The van der Waals surface area contributed by atoms with Crippen LogP contribution in [0.4, 0.5) is 13.2 Å². The zero-order valence-corrected chi connectivity index (χ0v) is 12.7. The number of hydrogen-bond acceptors (Lipinski definition) is 3. The molecule has 0 aromatic carbocycles. The summed E-state index contributed by atoms with van der Waals surface area (Å²) in [5, 5.41) is 10.3. The maximum absolute atomic E-state index is 12.1. The molecule has 0 radical (unpaired) electrons. The molecule has 0 aliphatic carbocycles. The van der Waals surface area contributed by atoms with Crippen LogP contribution in [0.5, 0.6) is 0 Å². The first-order valence-corrected chi connectivity index (χ1v) is 6.61. The number of carboxylic acid groups (broad SMARTS) is 1. The van der Waals surface area contributed by atoms with Crippen molar-refractivity contribution >= 4 is 43.7 Å². The maximum atomic E-state index is 12.1. The highest BCUT2D eigenvalue weighted by molar-refractivity contribution is 9.13. The predicted molar refractivity (Wildman–Crippen MR) is 69.0 cm³/mol. The van der Waals surface area contributed by atoms with Gasteiger partial charge in [-0.1, -0.05) is 0 Å². The van der Waals surface area contributed by atoms with Gasteiger partial charge in [-0.3, -0.25) is 4.79 Å². The van der Waals surface area contributed by atoms with Crippen LogP contribution in [0, 0.1) is 0 Å². The number of aliphatic carboxylic acids is 1. The Kier molecular flexibility index (Phi) is 5.51. The number of amides is 1. The third-order valence-corrected chi connectivity index (χ3v) is 4.23. The zero-order chi connectivity index (χ0) is 15.5. The summed E-state index contributed by atoms with van der Waals surface area (Å²) in [5.74, 6) is -3.86. The number of halogens is 5. The van der Waals surface area contributed by atoms with Gasteiger partial charge in [-0.25, -0.2) is 9.78 Å². The van der Waals surface area contributed by atoms with Crippen LogP contribution in [0.1, 0.15) is 5.56 Å². The molecule has 5 nitrogen and oxygen atoms in total. The van der Waals surface area contributed by atoms with Crippen molar-refractivity contribution in [2.45, 2.75) is 18.6 Å². The molecule has 0 spiro atoms. The van der Waals surface area contributed by atoms with E-state index in [-0.39, 0.29) is 6.42 Å². The fraction of sp³-hybridized carbons (Fsp3) is 0.300. The summed E-state index contributed by atoms with van der Waals surface area (Å²) >= 11 is 6.21. The van der Waals surface area contributed by atoms with E-state index in [1.807, 2.05) is 0 Å². The minimum Gasteiger partial charge on any atom is -0.480 e. The second kappa shape index (κ2) is 6.53. The van der Waals surface area contributed by atoms with E-state index in [2.05, 4.69) is 36.8 Å². The van der Waals surface area contributed by atoms with Crippen molar-refractivity contribution in [1.82, 2.24) is 10.3 Å². The largest absolute Gasteiger partial charge is 0.480 e. The summed E-state index contributed by atoms with van der Waals surface area (Å²) < 4.78 is 37.2. The molecule has 0 aliphatic heterocycles. The fourth-order valence-electron chi connectivity index (χ4n) is 1.27. The van der Waals surface area contributed by atoms with Gasteiger partial charge in [0.05, 0.1) is 4.47 Å². The van der Waals surface area contributed by atoms with Crippen LogP contribution in [0.15, 0.2) is 21.3 Å². The second-order valence-corrected chi connectivity index (χ2v) is 5.19. The summed E-state index contributed by atoms with van der Waals surface area (Å²) in [7, 11) is 0. The Morgan fingerprint density at radius 1 is 1.40 bits per heavy atom. The molecular formula is C10H7Br2F3N2O3. The van der Waals surface area contributed by atoms with Crippen molar-refractivity contribution in [3.8, 4) is 0 Å². The highest BCUT2D eigenvalue weighted by Crippen LogP contribution is 2.25.